The minimum atomic E-state index is -0.159. The number of allylic oxidation sites excluding steroid dienone is 2. The van der Waals surface area contributed by atoms with Crippen molar-refractivity contribution < 1.29 is 14.4 Å². The lowest BCUT2D eigenvalue weighted by molar-refractivity contribution is -0.152. The third-order valence-corrected chi connectivity index (χ3v) is 4.59. The zero-order valence-electron chi connectivity index (χ0n) is 11.7. The molecule has 0 aromatic heterocycles. The molecule has 3 amide bonds. The van der Waals surface area contributed by atoms with Gasteiger partial charge in [0.05, 0.1) is 17.9 Å². The number of fused-ring (bicyclic) bond motifs is 1. The highest BCUT2D eigenvalue weighted by Gasteiger charge is 2.52. The second kappa shape index (κ2) is 5.04. The number of amides is 3. The van der Waals surface area contributed by atoms with Crippen molar-refractivity contribution in [2.45, 2.75) is 38.6 Å². The molecule has 3 aliphatic rings. The van der Waals surface area contributed by atoms with Gasteiger partial charge in [-0.3, -0.25) is 19.3 Å². The highest BCUT2D eigenvalue weighted by atomic mass is 16.2. The lowest BCUT2D eigenvalue weighted by Gasteiger charge is -2.43. The van der Waals surface area contributed by atoms with Crippen LogP contribution < -0.4 is 0 Å². The number of likely N-dealkylation sites (tertiary alicyclic amines) is 2. The van der Waals surface area contributed by atoms with Crippen LogP contribution in [0.1, 0.15) is 32.6 Å². The molecule has 2 unspecified atom stereocenters. The van der Waals surface area contributed by atoms with Crippen LogP contribution in [0.3, 0.4) is 0 Å². The van der Waals surface area contributed by atoms with E-state index in [-0.39, 0.29) is 35.6 Å². The van der Waals surface area contributed by atoms with Gasteiger partial charge in [0.2, 0.25) is 17.7 Å². The number of carbonyl (C=O) groups is 3. The average molecular weight is 276 g/mol. The Morgan fingerprint density at radius 3 is 2.20 bits per heavy atom. The summed E-state index contributed by atoms with van der Waals surface area (Å²) in [4.78, 5) is 39.6. The Bertz CT molecular complexity index is 454. The minimum absolute atomic E-state index is 0.0306. The van der Waals surface area contributed by atoms with E-state index in [1.807, 2.05) is 19.1 Å². The lowest BCUT2D eigenvalue weighted by Crippen LogP contribution is -2.62. The van der Waals surface area contributed by atoms with E-state index in [1.165, 1.54) is 4.90 Å². The van der Waals surface area contributed by atoms with Crippen LogP contribution in [-0.2, 0) is 14.4 Å². The summed E-state index contributed by atoms with van der Waals surface area (Å²) in [5.41, 5.74) is 0. The summed E-state index contributed by atoms with van der Waals surface area (Å²) in [6.07, 6.45) is 6.72. The van der Waals surface area contributed by atoms with Crippen LogP contribution >= 0.6 is 0 Å². The molecule has 0 aromatic rings. The van der Waals surface area contributed by atoms with Gasteiger partial charge in [0.15, 0.2) is 0 Å². The summed E-state index contributed by atoms with van der Waals surface area (Å²) in [5.74, 6) is -0.253. The van der Waals surface area contributed by atoms with E-state index in [4.69, 9.17) is 0 Å². The SMILES string of the molecule is CCCC(=O)N1CC(N2C(=O)C3CC=CCC3C2=O)C1. The molecule has 2 atom stereocenters. The molecule has 2 fully saturated rings. The standard InChI is InChI=1S/C15H20N2O3/c1-2-5-13(18)16-8-10(9-16)17-14(19)11-6-3-4-7-12(11)15(17)20/h3-4,10-12H,2,5-9H2,1H3. The molecular weight excluding hydrogens is 256 g/mol. The Balaban J connectivity index is 1.64. The zero-order chi connectivity index (χ0) is 14.3. The van der Waals surface area contributed by atoms with E-state index in [2.05, 4.69) is 0 Å². The molecular formula is C15H20N2O3. The maximum Gasteiger partial charge on any atom is 0.233 e. The van der Waals surface area contributed by atoms with E-state index < -0.39 is 0 Å². The average Bonchev–Trinajstić information content (AvgIpc) is 2.63. The van der Waals surface area contributed by atoms with Gasteiger partial charge in [0.25, 0.3) is 0 Å². The molecule has 5 nitrogen and oxygen atoms in total. The first kappa shape index (κ1) is 13.3. The smallest absolute Gasteiger partial charge is 0.233 e. The topological polar surface area (TPSA) is 57.7 Å². The Morgan fingerprint density at radius 1 is 1.15 bits per heavy atom. The molecule has 20 heavy (non-hydrogen) atoms. The Morgan fingerprint density at radius 2 is 1.70 bits per heavy atom. The molecule has 0 N–H and O–H groups in total. The van der Waals surface area contributed by atoms with Crippen LogP contribution in [0.5, 0.6) is 0 Å². The van der Waals surface area contributed by atoms with Crippen LogP contribution in [0.4, 0.5) is 0 Å². The third kappa shape index (κ3) is 1.96. The second-order valence-electron chi connectivity index (χ2n) is 5.90. The first-order chi connectivity index (χ1) is 9.63. The predicted molar refractivity (Wildman–Crippen MR) is 72.5 cm³/mol. The largest absolute Gasteiger partial charge is 0.338 e. The van der Waals surface area contributed by atoms with Crippen molar-refractivity contribution in [1.29, 1.82) is 0 Å². The molecule has 3 rings (SSSR count). The van der Waals surface area contributed by atoms with E-state index in [9.17, 15) is 14.4 Å². The first-order valence-corrected chi connectivity index (χ1v) is 7.43. The van der Waals surface area contributed by atoms with Gasteiger partial charge >= 0.3 is 0 Å². The molecule has 2 aliphatic heterocycles. The molecule has 0 spiro atoms. The van der Waals surface area contributed by atoms with Gasteiger partial charge in [-0.1, -0.05) is 19.1 Å². The van der Waals surface area contributed by atoms with Crippen molar-refractivity contribution in [3.8, 4) is 0 Å². The van der Waals surface area contributed by atoms with E-state index >= 15 is 0 Å². The molecule has 108 valence electrons. The van der Waals surface area contributed by atoms with Crippen molar-refractivity contribution in [3.63, 3.8) is 0 Å². The van der Waals surface area contributed by atoms with E-state index in [0.717, 1.165) is 6.42 Å². The summed E-state index contributed by atoms with van der Waals surface area (Å²) >= 11 is 0. The summed E-state index contributed by atoms with van der Waals surface area (Å²) in [6, 6.07) is -0.0959. The number of carbonyl (C=O) groups excluding carboxylic acids is 3. The Kier molecular flexibility index (Phi) is 3.36. The fourth-order valence-electron chi connectivity index (χ4n) is 3.38. The Labute approximate surface area is 118 Å². The molecule has 2 heterocycles. The van der Waals surface area contributed by atoms with Gasteiger partial charge in [0.1, 0.15) is 0 Å². The number of nitrogens with zero attached hydrogens (tertiary/aromatic N) is 2. The molecule has 5 heteroatoms. The maximum atomic E-state index is 12.4. The molecule has 0 radical (unpaired) electrons. The van der Waals surface area contributed by atoms with Crippen LogP contribution in [0.15, 0.2) is 12.2 Å². The van der Waals surface area contributed by atoms with Gasteiger partial charge in [-0.15, -0.1) is 0 Å². The van der Waals surface area contributed by atoms with Crippen molar-refractivity contribution in [1.82, 2.24) is 9.80 Å². The van der Waals surface area contributed by atoms with Crippen LogP contribution in [-0.4, -0.2) is 46.7 Å². The summed E-state index contributed by atoms with van der Waals surface area (Å²) in [7, 11) is 0. The predicted octanol–water partition coefficient (Wildman–Crippen LogP) is 0.949. The van der Waals surface area contributed by atoms with Crippen molar-refractivity contribution >= 4 is 17.7 Å². The number of hydrogen-bond acceptors (Lipinski definition) is 3. The highest BCUT2D eigenvalue weighted by Crippen LogP contribution is 2.37. The number of rotatable bonds is 3. The van der Waals surface area contributed by atoms with Crippen LogP contribution in [0.25, 0.3) is 0 Å². The molecule has 0 saturated carbocycles. The molecule has 1 aliphatic carbocycles. The third-order valence-electron chi connectivity index (χ3n) is 4.59. The summed E-state index contributed by atoms with van der Waals surface area (Å²) in [5, 5.41) is 0. The second-order valence-corrected chi connectivity index (χ2v) is 5.90. The van der Waals surface area contributed by atoms with Gasteiger partial charge in [-0.05, 0) is 19.3 Å². The summed E-state index contributed by atoms with van der Waals surface area (Å²) < 4.78 is 0. The fourth-order valence-corrected chi connectivity index (χ4v) is 3.38. The zero-order valence-corrected chi connectivity index (χ0v) is 11.7. The maximum absolute atomic E-state index is 12.4. The Hall–Kier alpha value is -1.65. The molecule has 0 bridgehead atoms. The molecule has 0 aromatic carbocycles. The van der Waals surface area contributed by atoms with E-state index in [0.29, 0.717) is 32.4 Å². The lowest BCUT2D eigenvalue weighted by atomic mass is 9.85. The van der Waals surface area contributed by atoms with Crippen molar-refractivity contribution in [2.75, 3.05) is 13.1 Å². The first-order valence-electron chi connectivity index (χ1n) is 7.43. The number of hydrogen-bond donors (Lipinski definition) is 0. The normalized spacial score (nSPS) is 29.6. The summed E-state index contributed by atoms with van der Waals surface area (Å²) in [6.45, 7) is 3.01. The van der Waals surface area contributed by atoms with E-state index in [1.54, 1.807) is 4.90 Å². The van der Waals surface area contributed by atoms with Crippen molar-refractivity contribution in [2.24, 2.45) is 11.8 Å². The highest BCUT2D eigenvalue weighted by molar-refractivity contribution is 6.06. The van der Waals surface area contributed by atoms with Crippen LogP contribution in [0.2, 0.25) is 0 Å². The van der Waals surface area contributed by atoms with Gasteiger partial charge in [0, 0.05) is 19.5 Å². The quantitative estimate of drug-likeness (QED) is 0.569. The number of imide groups is 1. The fraction of sp³-hybridized carbons (Fsp3) is 0.667. The minimum Gasteiger partial charge on any atom is -0.338 e. The van der Waals surface area contributed by atoms with Gasteiger partial charge < -0.3 is 4.90 Å². The monoisotopic (exact) mass is 276 g/mol. The van der Waals surface area contributed by atoms with Gasteiger partial charge in [-0.2, -0.15) is 0 Å². The van der Waals surface area contributed by atoms with Crippen LogP contribution in [0, 0.1) is 11.8 Å². The molecule has 2 saturated heterocycles. The van der Waals surface area contributed by atoms with Gasteiger partial charge in [-0.25, -0.2) is 0 Å². The van der Waals surface area contributed by atoms with Crippen molar-refractivity contribution in [3.05, 3.63) is 12.2 Å².